The molecule has 2 aliphatic rings. The van der Waals surface area contributed by atoms with Gasteiger partial charge < -0.3 is 24.0 Å². The minimum Gasteiger partial charge on any atom is -0.493 e. The molecule has 28 heavy (non-hydrogen) atoms. The molecule has 0 radical (unpaired) electrons. The summed E-state index contributed by atoms with van der Waals surface area (Å²) < 4.78 is 16.7. The molecule has 0 aromatic heterocycles. The summed E-state index contributed by atoms with van der Waals surface area (Å²) in [7, 11) is 1.57. The number of piperazine rings is 1. The van der Waals surface area contributed by atoms with Crippen molar-refractivity contribution in [2.75, 3.05) is 51.4 Å². The zero-order valence-corrected chi connectivity index (χ0v) is 16.7. The van der Waals surface area contributed by atoms with Crippen LogP contribution in [0.1, 0.15) is 21.5 Å². The van der Waals surface area contributed by atoms with Crippen molar-refractivity contribution in [1.29, 1.82) is 0 Å². The number of anilines is 1. The first-order valence-corrected chi connectivity index (χ1v) is 9.66. The van der Waals surface area contributed by atoms with Crippen LogP contribution in [0.3, 0.4) is 0 Å². The van der Waals surface area contributed by atoms with Gasteiger partial charge >= 0.3 is 0 Å². The van der Waals surface area contributed by atoms with E-state index in [0.29, 0.717) is 49.1 Å². The number of hydrogen-bond donors (Lipinski definition) is 0. The highest BCUT2D eigenvalue weighted by Gasteiger charge is 2.26. The molecule has 4 rings (SSSR count). The van der Waals surface area contributed by atoms with Crippen molar-refractivity contribution in [3.05, 3.63) is 47.0 Å². The summed E-state index contributed by atoms with van der Waals surface area (Å²) in [6, 6.07) is 9.89. The molecule has 148 valence electrons. The molecule has 2 aromatic rings. The van der Waals surface area contributed by atoms with E-state index in [0.717, 1.165) is 13.1 Å². The van der Waals surface area contributed by atoms with Crippen molar-refractivity contribution in [3.8, 4) is 17.2 Å². The maximum absolute atomic E-state index is 13.1. The van der Waals surface area contributed by atoms with Gasteiger partial charge in [-0.25, -0.2) is 0 Å². The van der Waals surface area contributed by atoms with Crippen molar-refractivity contribution in [2.24, 2.45) is 0 Å². The minimum absolute atomic E-state index is 0.00381. The SMILES string of the molecule is COc1cc(C(=O)N2CCN(c3cccc(C)c3C)CC2)cc2c1OCCO2. The van der Waals surface area contributed by atoms with Gasteiger partial charge in [0.25, 0.3) is 5.91 Å². The number of aryl methyl sites for hydroxylation is 1. The Bertz CT molecular complexity index is 871. The third-order valence-electron chi connectivity index (χ3n) is 5.56. The molecule has 0 saturated carbocycles. The lowest BCUT2D eigenvalue weighted by Gasteiger charge is -2.37. The second kappa shape index (κ2) is 7.62. The monoisotopic (exact) mass is 382 g/mol. The Morgan fingerprint density at radius 1 is 1.04 bits per heavy atom. The summed E-state index contributed by atoms with van der Waals surface area (Å²) >= 11 is 0. The molecule has 2 aliphatic heterocycles. The van der Waals surface area contributed by atoms with E-state index in [1.807, 2.05) is 4.90 Å². The van der Waals surface area contributed by atoms with Crippen LogP contribution in [0.2, 0.25) is 0 Å². The Balaban J connectivity index is 1.49. The average molecular weight is 382 g/mol. The lowest BCUT2D eigenvalue weighted by molar-refractivity contribution is 0.0745. The first-order valence-electron chi connectivity index (χ1n) is 9.66. The van der Waals surface area contributed by atoms with Crippen LogP contribution < -0.4 is 19.1 Å². The van der Waals surface area contributed by atoms with Gasteiger partial charge in [-0.3, -0.25) is 4.79 Å². The standard InChI is InChI=1S/C22H26N2O4/c1-15-5-4-6-18(16(15)2)23-7-9-24(10-8-23)22(25)17-13-19(26-3)21-20(14-17)27-11-12-28-21/h4-6,13-14H,7-12H2,1-3H3. The lowest BCUT2D eigenvalue weighted by Crippen LogP contribution is -2.49. The molecule has 1 amide bonds. The maximum Gasteiger partial charge on any atom is 0.254 e. The highest BCUT2D eigenvalue weighted by Crippen LogP contribution is 2.40. The van der Waals surface area contributed by atoms with Crippen LogP contribution in [0, 0.1) is 13.8 Å². The molecular formula is C22H26N2O4. The molecule has 1 saturated heterocycles. The fraction of sp³-hybridized carbons (Fsp3) is 0.409. The Hall–Kier alpha value is -2.89. The summed E-state index contributed by atoms with van der Waals surface area (Å²) in [5.74, 6) is 1.68. The number of ether oxygens (including phenoxy) is 3. The number of benzene rings is 2. The zero-order valence-electron chi connectivity index (χ0n) is 16.7. The predicted octanol–water partition coefficient (Wildman–Crippen LogP) is 3.05. The first kappa shape index (κ1) is 18.5. The molecule has 0 bridgehead atoms. The summed E-state index contributed by atoms with van der Waals surface area (Å²) in [5, 5.41) is 0. The number of carbonyl (C=O) groups is 1. The van der Waals surface area contributed by atoms with Crippen molar-refractivity contribution in [2.45, 2.75) is 13.8 Å². The van der Waals surface area contributed by atoms with Gasteiger partial charge in [-0.05, 0) is 43.2 Å². The van der Waals surface area contributed by atoms with Gasteiger partial charge in [0.2, 0.25) is 5.75 Å². The molecular weight excluding hydrogens is 356 g/mol. The van der Waals surface area contributed by atoms with Crippen molar-refractivity contribution in [3.63, 3.8) is 0 Å². The van der Waals surface area contributed by atoms with E-state index in [-0.39, 0.29) is 5.91 Å². The van der Waals surface area contributed by atoms with Crippen LogP contribution in [-0.4, -0.2) is 57.3 Å². The van der Waals surface area contributed by atoms with Gasteiger partial charge in [0.15, 0.2) is 11.5 Å². The number of rotatable bonds is 3. The summed E-state index contributed by atoms with van der Waals surface area (Å²) in [6.07, 6.45) is 0. The van der Waals surface area contributed by atoms with E-state index in [1.54, 1.807) is 19.2 Å². The Labute approximate surface area is 165 Å². The lowest BCUT2D eigenvalue weighted by atomic mass is 10.1. The molecule has 0 unspecified atom stereocenters. The number of amides is 1. The second-order valence-electron chi connectivity index (χ2n) is 7.20. The van der Waals surface area contributed by atoms with Gasteiger partial charge in [0, 0.05) is 37.4 Å². The Morgan fingerprint density at radius 2 is 1.79 bits per heavy atom. The van der Waals surface area contributed by atoms with E-state index in [9.17, 15) is 4.79 Å². The van der Waals surface area contributed by atoms with Crippen LogP contribution in [0.4, 0.5) is 5.69 Å². The molecule has 0 spiro atoms. The number of hydrogen-bond acceptors (Lipinski definition) is 5. The van der Waals surface area contributed by atoms with Crippen LogP contribution in [0.25, 0.3) is 0 Å². The number of nitrogens with zero attached hydrogens (tertiary/aromatic N) is 2. The first-order chi connectivity index (χ1) is 13.6. The smallest absolute Gasteiger partial charge is 0.254 e. The third-order valence-corrected chi connectivity index (χ3v) is 5.56. The van der Waals surface area contributed by atoms with E-state index in [4.69, 9.17) is 14.2 Å². The fourth-order valence-electron chi connectivity index (χ4n) is 3.81. The van der Waals surface area contributed by atoms with E-state index in [2.05, 4.69) is 36.9 Å². The molecule has 0 aliphatic carbocycles. The molecule has 2 aromatic carbocycles. The normalized spacial score (nSPS) is 16.1. The minimum atomic E-state index is -0.00381. The maximum atomic E-state index is 13.1. The quantitative estimate of drug-likeness (QED) is 0.817. The van der Waals surface area contributed by atoms with Gasteiger partial charge in [0.1, 0.15) is 13.2 Å². The molecule has 0 N–H and O–H groups in total. The van der Waals surface area contributed by atoms with E-state index < -0.39 is 0 Å². The fourth-order valence-corrected chi connectivity index (χ4v) is 3.81. The highest BCUT2D eigenvalue weighted by molar-refractivity contribution is 5.96. The van der Waals surface area contributed by atoms with Gasteiger partial charge in [-0.2, -0.15) is 0 Å². The topological polar surface area (TPSA) is 51.2 Å². The largest absolute Gasteiger partial charge is 0.493 e. The van der Waals surface area contributed by atoms with Crippen LogP contribution >= 0.6 is 0 Å². The average Bonchev–Trinajstić information content (AvgIpc) is 2.74. The molecule has 1 fully saturated rings. The van der Waals surface area contributed by atoms with Crippen LogP contribution in [0.5, 0.6) is 17.2 Å². The van der Waals surface area contributed by atoms with Gasteiger partial charge in [-0.15, -0.1) is 0 Å². The van der Waals surface area contributed by atoms with Crippen LogP contribution in [-0.2, 0) is 0 Å². The Morgan fingerprint density at radius 3 is 2.54 bits per heavy atom. The van der Waals surface area contributed by atoms with Gasteiger partial charge in [0.05, 0.1) is 7.11 Å². The third kappa shape index (κ3) is 3.35. The van der Waals surface area contributed by atoms with E-state index >= 15 is 0 Å². The van der Waals surface area contributed by atoms with Gasteiger partial charge in [-0.1, -0.05) is 12.1 Å². The summed E-state index contributed by atoms with van der Waals surface area (Å²) in [6.45, 7) is 8.25. The second-order valence-corrected chi connectivity index (χ2v) is 7.20. The Kier molecular flexibility index (Phi) is 5.03. The number of carbonyl (C=O) groups excluding carboxylic acids is 1. The number of fused-ring (bicyclic) bond motifs is 1. The molecule has 2 heterocycles. The van der Waals surface area contributed by atoms with Crippen molar-refractivity contribution < 1.29 is 19.0 Å². The highest BCUT2D eigenvalue weighted by atomic mass is 16.6. The van der Waals surface area contributed by atoms with Crippen molar-refractivity contribution >= 4 is 11.6 Å². The molecule has 6 nitrogen and oxygen atoms in total. The summed E-state index contributed by atoms with van der Waals surface area (Å²) in [5.41, 5.74) is 4.42. The molecule has 6 heteroatoms. The summed E-state index contributed by atoms with van der Waals surface area (Å²) in [4.78, 5) is 17.3. The molecule has 0 atom stereocenters. The zero-order chi connectivity index (χ0) is 19.7. The predicted molar refractivity (Wildman–Crippen MR) is 108 cm³/mol. The van der Waals surface area contributed by atoms with Crippen LogP contribution in [0.15, 0.2) is 30.3 Å². The van der Waals surface area contributed by atoms with E-state index in [1.165, 1.54) is 16.8 Å². The van der Waals surface area contributed by atoms with Crippen molar-refractivity contribution in [1.82, 2.24) is 4.90 Å². The number of methoxy groups -OCH3 is 1.